The molecule has 0 spiro atoms. The quantitative estimate of drug-likeness (QED) is 0.643. The van der Waals surface area contributed by atoms with Gasteiger partial charge in [-0.05, 0) is 41.8 Å². The Kier molecular flexibility index (Phi) is 4.52. The fraction of sp³-hybridized carbons (Fsp3) is 0.0476. The molecule has 4 rings (SSSR count). The van der Waals surface area contributed by atoms with Gasteiger partial charge < -0.3 is 5.11 Å². The number of ketones is 1. The number of benzene rings is 2. The highest BCUT2D eigenvalue weighted by atomic mass is 32.1. The van der Waals surface area contributed by atoms with Crippen LogP contribution >= 0.6 is 11.3 Å². The summed E-state index contributed by atoms with van der Waals surface area (Å²) in [5, 5.41) is 12.2. The van der Waals surface area contributed by atoms with Crippen LogP contribution in [0.1, 0.15) is 21.3 Å². The number of hydrogen-bond acceptors (Lipinski definition) is 4. The summed E-state index contributed by atoms with van der Waals surface area (Å²) in [6.07, 6.45) is 0. The van der Waals surface area contributed by atoms with Crippen LogP contribution in [0, 0.1) is 11.6 Å². The lowest BCUT2D eigenvalue weighted by Gasteiger charge is -2.27. The Morgan fingerprint density at radius 1 is 1.00 bits per heavy atom. The average molecular weight is 397 g/mol. The zero-order valence-corrected chi connectivity index (χ0v) is 15.1. The molecule has 1 unspecified atom stereocenters. The van der Waals surface area contributed by atoms with E-state index < -0.39 is 35.1 Å². The molecule has 1 atom stereocenters. The van der Waals surface area contributed by atoms with Gasteiger partial charge in [-0.25, -0.2) is 8.78 Å². The first kappa shape index (κ1) is 18.1. The third kappa shape index (κ3) is 2.90. The maximum absolute atomic E-state index is 14.6. The molecule has 0 radical (unpaired) electrons. The zero-order valence-electron chi connectivity index (χ0n) is 14.3. The third-order valence-corrected chi connectivity index (χ3v) is 5.37. The molecule has 140 valence electrons. The molecule has 1 aromatic heterocycles. The van der Waals surface area contributed by atoms with Crippen LogP contribution in [-0.4, -0.2) is 16.8 Å². The van der Waals surface area contributed by atoms with Crippen molar-refractivity contribution in [3.8, 4) is 0 Å². The number of aliphatic hydroxyl groups excluding tert-OH is 1. The Morgan fingerprint density at radius 3 is 2.36 bits per heavy atom. The lowest BCUT2D eigenvalue weighted by molar-refractivity contribution is -0.117. The van der Waals surface area contributed by atoms with E-state index >= 15 is 0 Å². The Labute approximate surface area is 163 Å². The van der Waals surface area contributed by atoms with Gasteiger partial charge in [-0.2, -0.15) is 0 Å². The van der Waals surface area contributed by atoms with Crippen molar-refractivity contribution >= 4 is 28.7 Å². The number of hydrogen-bond donors (Lipinski definition) is 1. The lowest BCUT2D eigenvalue weighted by atomic mass is 9.94. The van der Waals surface area contributed by atoms with Crippen LogP contribution in [0.2, 0.25) is 0 Å². The van der Waals surface area contributed by atoms with Crippen molar-refractivity contribution in [2.24, 2.45) is 0 Å². The number of rotatable bonds is 4. The molecule has 3 aromatic rings. The zero-order chi connectivity index (χ0) is 19.8. The van der Waals surface area contributed by atoms with Crippen molar-refractivity contribution in [2.45, 2.75) is 6.04 Å². The number of halogens is 2. The Bertz CT molecular complexity index is 1090. The van der Waals surface area contributed by atoms with Crippen LogP contribution in [0.4, 0.5) is 14.5 Å². The number of carbonyl (C=O) groups is 2. The van der Waals surface area contributed by atoms with Crippen LogP contribution in [0.15, 0.2) is 77.4 Å². The molecule has 0 fully saturated rings. The first-order valence-corrected chi connectivity index (χ1v) is 9.22. The fourth-order valence-electron chi connectivity index (χ4n) is 3.24. The van der Waals surface area contributed by atoms with Crippen molar-refractivity contribution in [1.29, 1.82) is 0 Å². The van der Waals surface area contributed by atoms with Crippen molar-refractivity contribution in [2.75, 3.05) is 4.90 Å². The van der Waals surface area contributed by atoms with Gasteiger partial charge in [0.25, 0.3) is 5.91 Å². The highest BCUT2D eigenvalue weighted by molar-refractivity contribution is 7.12. The minimum atomic E-state index is -1.17. The molecule has 0 bridgehead atoms. The van der Waals surface area contributed by atoms with Gasteiger partial charge in [-0.3, -0.25) is 14.5 Å². The number of aliphatic hydroxyl groups is 1. The van der Waals surface area contributed by atoms with E-state index in [0.717, 1.165) is 28.4 Å². The molecule has 0 aliphatic carbocycles. The summed E-state index contributed by atoms with van der Waals surface area (Å²) in [4.78, 5) is 27.3. The first-order chi connectivity index (χ1) is 13.5. The number of carbonyl (C=O) groups excluding carboxylic acids is 2. The number of nitrogens with zero attached hydrogens (tertiary/aromatic N) is 1. The molecule has 7 heteroatoms. The fourth-order valence-corrected chi connectivity index (χ4v) is 3.91. The first-order valence-electron chi connectivity index (χ1n) is 8.34. The van der Waals surface area contributed by atoms with Crippen LogP contribution in [0.3, 0.4) is 0 Å². The van der Waals surface area contributed by atoms with E-state index in [1.807, 2.05) is 0 Å². The third-order valence-electron chi connectivity index (χ3n) is 4.50. The smallest absolute Gasteiger partial charge is 0.294 e. The maximum Gasteiger partial charge on any atom is 0.294 e. The van der Waals surface area contributed by atoms with Crippen molar-refractivity contribution in [3.05, 3.63) is 99.5 Å². The molecule has 0 saturated heterocycles. The standard InChI is InChI=1S/C21H13F2NO3S/c22-12-7-9-13(10-8-12)24-18(14-4-1-2-5-15(14)23)17(20(26)21(24)27)19(25)16-6-3-11-28-16/h1-11,18,26H. The second-order valence-corrected chi connectivity index (χ2v) is 7.09. The molecular weight excluding hydrogens is 384 g/mol. The maximum atomic E-state index is 14.6. The highest BCUT2D eigenvalue weighted by Crippen LogP contribution is 2.42. The normalized spacial score (nSPS) is 16.7. The number of amides is 1. The van der Waals surface area contributed by atoms with Gasteiger partial charge in [0, 0.05) is 11.3 Å². The Hall–Kier alpha value is -3.32. The van der Waals surface area contributed by atoms with Gasteiger partial charge in [-0.1, -0.05) is 24.3 Å². The summed E-state index contributed by atoms with van der Waals surface area (Å²) in [5.41, 5.74) is 0.0891. The molecule has 1 amide bonds. The summed E-state index contributed by atoms with van der Waals surface area (Å²) in [6, 6.07) is 12.8. The van der Waals surface area contributed by atoms with Gasteiger partial charge in [0.05, 0.1) is 16.5 Å². The van der Waals surface area contributed by atoms with Gasteiger partial charge in [0.15, 0.2) is 5.76 Å². The monoisotopic (exact) mass is 397 g/mol. The van der Waals surface area contributed by atoms with Crippen molar-refractivity contribution < 1.29 is 23.5 Å². The number of thiophene rings is 1. The minimum Gasteiger partial charge on any atom is -0.503 e. The Morgan fingerprint density at radius 2 is 1.71 bits per heavy atom. The molecule has 2 aromatic carbocycles. The van der Waals surface area contributed by atoms with Crippen LogP contribution in [-0.2, 0) is 4.79 Å². The molecule has 2 heterocycles. The second-order valence-electron chi connectivity index (χ2n) is 6.14. The van der Waals surface area contributed by atoms with Crippen molar-refractivity contribution in [1.82, 2.24) is 0 Å². The SMILES string of the molecule is O=C(C1=C(O)C(=O)N(c2ccc(F)cc2)C1c1ccccc1F)c1cccs1. The molecule has 1 aliphatic heterocycles. The summed E-state index contributed by atoms with van der Waals surface area (Å²) < 4.78 is 28.0. The summed E-state index contributed by atoms with van der Waals surface area (Å²) in [5.74, 6) is -3.28. The van der Waals surface area contributed by atoms with E-state index in [-0.39, 0.29) is 16.8 Å². The minimum absolute atomic E-state index is 0.0594. The molecule has 1 aliphatic rings. The predicted octanol–water partition coefficient (Wildman–Crippen LogP) is 4.81. The Balaban J connectivity index is 1.91. The van der Waals surface area contributed by atoms with E-state index in [9.17, 15) is 23.5 Å². The van der Waals surface area contributed by atoms with Gasteiger partial charge >= 0.3 is 0 Å². The largest absolute Gasteiger partial charge is 0.503 e. The summed E-state index contributed by atoms with van der Waals surface area (Å²) in [6.45, 7) is 0. The number of anilines is 1. The lowest BCUT2D eigenvalue weighted by Crippen LogP contribution is -2.31. The van der Waals surface area contributed by atoms with E-state index in [2.05, 4.69) is 0 Å². The second kappa shape index (κ2) is 7.01. The summed E-state index contributed by atoms with van der Waals surface area (Å²) >= 11 is 1.15. The van der Waals surface area contributed by atoms with Crippen molar-refractivity contribution in [3.63, 3.8) is 0 Å². The topological polar surface area (TPSA) is 57.6 Å². The van der Waals surface area contributed by atoms with E-state index in [4.69, 9.17) is 0 Å². The van der Waals surface area contributed by atoms with E-state index in [0.29, 0.717) is 4.88 Å². The van der Waals surface area contributed by atoms with E-state index in [1.165, 1.54) is 30.3 Å². The molecule has 0 saturated carbocycles. The van der Waals surface area contributed by atoms with Gasteiger partial charge in [-0.15, -0.1) is 11.3 Å². The van der Waals surface area contributed by atoms with Crippen LogP contribution in [0.25, 0.3) is 0 Å². The molecule has 28 heavy (non-hydrogen) atoms. The average Bonchev–Trinajstić information content (AvgIpc) is 3.31. The van der Waals surface area contributed by atoms with Crippen LogP contribution in [0.5, 0.6) is 0 Å². The predicted molar refractivity (Wildman–Crippen MR) is 101 cm³/mol. The molecule has 1 N–H and O–H groups in total. The van der Waals surface area contributed by atoms with Crippen LogP contribution < -0.4 is 4.90 Å². The molecule has 4 nitrogen and oxygen atoms in total. The van der Waals surface area contributed by atoms with Gasteiger partial charge in [0.1, 0.15) is 11.6 Å². The highest BCUT2D eigenvalue weighted by Gasteiger charge is 2.45. The van der Waals surface area contributed by atoms with E-state index in [1.54, 1.807) is 23.6 Å². The molecular formula is C21H13F2NO3S. The number of Topliss-reactive ketones (excluding diaryl/α,β-unsaturated/α-hetero) is 1. The summed E-state index contributed by atoms with van der Waals surface area (Å²) in [7, 11) is 0. The van der Waals surface area contributed by atoms with Gasteiger partial charge in [0.2, 0.25) is 5.78 Å².